The number of carbonyl (C=O) groups excluding carboxylic acids is 1. The Kier molecular flexibility index (Phi) is 5.45. The van der Waals surface area contributed by atoms with Crippen molar-refractivity contribution in [2.75, 3.05) is 19.6 Å². The molecule has 0 saturated carbocycles. The Bertz CT molecular complexity index is 388. The molecular formula is C15H26N2O4. The second kappa shape index (κ2) is 7.11. The van der Waals surface area contributed by atoms with E-state index >= 15 is 0 Å². The predicted octanol–water partition coefficient (Wildman–Crippen LogP) is 1.53. The maximum absolute atomic E-state index is 12.6. The van der Waals surface area contributed by atoms with Crippen molar-refractivity contribution in [1.82, 2.24) is 9.80 Å². The minimum absolute atomic E-state index is 0.130. The summed E-state index contributed by atoms with van der Waals surface area (Å²) in [6.07, 6.45) is 4.88. The van der Waals surface area contributed by atoms with Crippen molar-refractivity contribution in [2.24, 2.45) is 5.92 Å². The zero-order valence-corrected chi connectivity index (χ0v) is 12.7. The number of hydrogen-bond donors (Lipinski definition) is 2. The van der Waals surface area contributed by atoms with Crippen LogP contribution in [-0.2, 0) is 4.79 Å². The average Bonchev–Trinajstić information content (AvgIpc) is 2.68. The molecule has 3 atom stereocenters. The predicted molar refractivity (Wildman–Crippen MR) is 78.0 cm³/mol. The van der Waals surface area contributed by atoms with Crippen molar-refractivity contribution in [3.63, 3.8) is 0 Å². The van der Waals surface area contributed by atoms with Gasteiger partial charge in [-0.3, -0.25) is 0 Å². The minimum Gasteiger partial charge on any atom is -0.480 e. The van der Waals surface area contributed by atoms with Crippen LogP contribution in [0.25, 0.3) is 0 Å². The Morgan fingerprint density at radius 3 is 2.67 bits per heavy atom. The van der Waals surface area contributed by atoms with Crippen LogP contribution >= 0.6 is 0 Å². The molecular weight excluding hydrogens is 272 g/mol. The molecule has 0 aromatic rings. The van der Waals surface area contributed by atoms with Gasteiger partial charge >= 0.3 is 12.0 Å². The number of nitrogens with zero attached hydrogens (tertiary/aromatic N) is 2. The fourth-order valence-electron chi connectivity index (χ4n) is 3.49. The van der Waals surface area contributed by atoms with E-state index < -0.39 is 18.1 Å². The van der Waals surface area contributed by atoms with Crippen LogP contribution in [0.1, 0.15) is 45.4 Å². The Labute approximate surface area is 125 Å². The Morgan fingerprint density at radius 1 is 1.24 bits per heavy atom. The molecule has 0 bridgehead atoms. The van der Waals surface area contributed by atoms with Crippen LogP contribution < -0.4 is 0 Å². The Balaban J connectivity index is 1.97. The smallest absolute Gasteiger partial charge is 0.326 e. The number of carbonyl (C=O) groups is 2. The molecule has 2 saturated heterocycles. The molecule has 21 heavy (non-hydrogen) atoms. The number of aliphatic hydroxyl groups is 1. The van der Waals surface area contributed by atoms with Gasteiger partial charge in [0.15, 0.2) is 0 Å². The highest BCUT2D eigenvalue weighted by Gasteiger charge is 2.40. The van der Waals surface area contributed by atoms with E-state index in [-0.39, 0.29) is 19.0 Å². The number of β-amino-alcohol motifs (C(OH)–C–C–N with tert-alkyl or cyclic N) is 1. The summed E-state index contributed by atoms with van der Waals surface area (Å²) in [7, 11) is 0. The highest BCUT2D eigenvalue weighted by molar-refractivity contribution is 5.83. The molecule has 120 valence electrons. The van der Waals surface area contributed by atoms with Gasteiger partial charge in [0.25, 0.3) is 0 Å². The van der Waals surface area contributed by atoms with Gasteiger partial charge in [0, 0.05) is 26.1 Å². The lowest BCUT2D eigenvalue weighted by Gasteiger charge is -2.29. The van der Waals surface area contributed by atoms with Crippen LogP contribution in [0.3, 0.4) is 0 Å². The number of aliphatic hydroxyl groups excluding tert-OH is 1. The minimum atomic E-state index is -1.03. The summed E-state index contributed by atoms with van der Waals surface area (Å²) in [4.78, 5) is 26.9. The topological polar surface area (TPSA) is 81.1 Å². The maximum Gasteiger partial charge on any atom is 0.326 e. The number of hydrogen-bond acceptors (Lipinski definition) is 3. The van der Waals surface area contributed by atoms with E-state index in [1.807, 2.05) is 0 Å². The molecule has 1 unspecified atom stereocenters. The van der Waals surface area contributed by atoms with Crippen molar-refractivity contribution in [1.29, 1.82) is 0 Å². The van der Waals surface area contributed by atoms with Crippen LogP contribution in [0.2, 0.25) is 0 Å². The van der Waals surface area contributed by atoms with Gasteiger partial charge in [-0.25, -0.2) is 9.59 Å². The van der Waals surface area contributed by atoms with E-state index in [9.17, 15) is 19.8 Å². The lowest BCUT2D eigenvalue weighted by Crippen LogP contribution is -2.48. The molecule has 2 rings (SSSR count). The van der Waals surface area contributed by atoms with E-state index in [4.69, 9.17) is 0 Å². The van der Waals surface area contributed by atoms with E-state index in [1.54, 1.807) is 4.90 Å². The first-order valence-electron chi connectivity index (χ1n) is 7.99. The normalized spacial score (nSPS) is 30.3. The van der Waals surface area contributed by atoms with E-state index in [0.29, 0.717) is 19.0 Å². The molecule has 0 radical (unpaired) electrons. The lowest BCUT2D eigenvalue weighted by molar-refractivity contribution is -0.141. The largest absolute Gasteiger partial charge is 0.480 e. The summed E-state index contributed by atoms with van der Waals surface area (Å²) >= 11 is 0. The fraction of sp³-hybridized carbons (Fsp3) is 0.867. The van der Waals surface area contributed by atoms with Gasteiger partial charge in [0.2, 0.25) is 0 Å². The molecule has 2 N–H and O–H groups in total. The van der Waals surface area contributed by atoms with Crippen LogP contribution in [0.15, 0.2) is 0 Å². The zero-order valence-electron chi connectivity index (χ0n) is 12.7. The first kappa shape index (κ1) is 16.1. The second-order valence-corrected chi connectivity index (χ2v) is 6.25. The molecule has 0 aromatic heterocycles. The molecule has 0 aromatic carbocycles. The monoisotopic (exact) mass is 298 g/mol. The number of amides is 2. The molecule has 6 heteroatoms. The molecule has 2 heterocycles. The average molecular weight is 298 g/mol. The van der Waals surface area contributed by atoms with Crippen LogP contribution in [0.5, 0.6) is 0 Å². The van der Waals surface area contributed by atoms with Crippen LogP contribution in [0.4, 0.5) is 4.79 Å². The summed E-state index contributed by atoms with van der Waals surface area (Å²) < 4.78 is 0. The third-order valence-corrected chi connectivity index (χ3v) is 4.62. The van der Waals surface area contributed by atoms with Crippen molar-refractivity contribution in [3.05, 3.63) is 0 Å². The van der Waals surface area contributed by atoms with Gasteiger partial charge in [-0.1, -0.05) is 19.8 Å². The molecule has 2 fully saturated rings. The standard InChI is InChI=1S/C15H26N2O4/c1-2-4-11-5-3-7-16(8-6-11)15(21)17-10-12(18)9-13(17)14(19)20/h11-13,18H,2-10H2,1H3,(H,19,20)/t11?,12-,13-/m1/s1. The Morgan fingerprint density at radius 2 is 2.00 bits per heavy atom. The Hall–Kier alpha value is -1.30. The van der Waals surface area contributed by atoms with Crippen molar-refractivity contribution < 1.29 is 19.8 Å². The summed E-state index contributed by atoms with van der Waals surface area (Å²) in [6.45, 7) is 3.70. The number of carboxylic acids is 1. The number of urea groups is 1. The zero-order chi connectivity index (χ0) is 15.4. The van der Waals surface area contributed by atoms with Gasteiger partial charge in [0.1, 0.15) is 6.04 Å². The van der Waals surface area contributed by atoms with Crippen molar-refractivity contribution >= 4 is 12.0 Å². The lowest BCUT2D eigenvalue weighted by atomic mass is 9.96. The van der Waals surface area contributed by atoms with E-state index in [0.717, 1.165) is 25.7 Å². The molecule has 2 amide bonds. The summed E-state index contributed by atoms with van der Waals surface area (Å²) in [5.41, 5.74) is 0. The van der Waals surface area contributed by atoms with E-state index in [2.05, 4.69) is 6.92 Å². The first-order valence-corrected chi connectivity index (χ1v) is 7.99. The number of likely N-dealkylation sites (tertiary alicyclic amines) is 2. The van der Waals surface area contributed by atoms with Crippen molar-refractivity contribution in [2.45, 2.75) is 57.6 Å². The number of rotatable bonds is 3. The highest BCUT2D eigenvalue weighted by Crippen LogP contribution is 2.25. The van der Waals surface area contributed by atoms with Gasteiger partial charge in [-0.05, 0) is 25.2 Å². The second-order valence-electron chi connectivity index (χ2n) is 6.25. The molecule has 6 nitrogen and oxygen atoms in total. The number of carboxylic acid groups (broad SMARTS) is 1. The van der Waals surface area contributed by atoms with Gasteiger partial charge in [-0.2, -0.15) is 0 Å². The van der Waals surface area contributed by atoms with Crippen LogP contribution in [0, 0.1) is 5.92 Å². The third-order valence-electron chi connectivity index (χ3n) is 4.62. The summed E-state index contributed by atoms with van der Waals surface area (Å²) in [5, 5.41) is 18.9. The SMILES string of the molecule is CCCC1CCCN(C(=O)N2C[C@H](O)C[C@@H]2C(=O)O)CC1. The molecule has 2 aliphatic rings. The van der Waals surface area contributed by atoms with Crippen LogP contribution in [-0.4, -0.2) is 63.8 Å². The molecule has 0 aliphatic carbocycles. The number of aliphatic carboxylic acids is 1. The van der Waals surface area contributed by atoms with Gasteiger partial charge in [-0.15, -0.1) is 0 Å². The van der Waals surface area contributed by atoms with Crippen molar-refractivity contribution in [3.8, 4) is 0 Å². The fourth-order valence-corrected chi connectivity index (χ4v) is 3.49. The van der Waals surface area contributed by atoms with Gasteiger partial charge < -0.3 is 20.0 Å². The summed E-state index contributed by atoms with van der Waals surface area (Å²) in [6, 6.07) is -1.11. The van der Waals surface area contributed by atoms with E-state index in [1.165, 1.54) is 11.3 Å². The first-order chi connectivity index (χ1) is 10.0. The van der Waals surface area contributed by atoms with Gasteiger partial charge in [0.05, 0.1) is 6.10 Å². The third kappa shape index (κ3) is 3.87. The quantitative estimate of drug-likeness (QED) is 0.828. The highest BCUT2D eigenvalue weighted by atomic mass is 16.4. The summed E-state index contributed by atoms with van der Waals surface area (Å²) in [5.74, 6) is -0.356. The molecule has 0 spiro atoms. The maximum atomic E-state index is 12.6. The molecule has 2 aliphatic heterocycles.